The van der Waals surface area contributed by atoms with Crippen molar-refractivity contribution in [3.05, 3.63) is 50.6 Å². The monoisotopic (exact) mass is 538 g/mol. The second-order valence-corrected chi connectivity index (χ2v) is 8.33. The molecule has 0 saturated heterocycles. The molecule has 0 aromatic carbocycles. The molecule has 0 aliphatic heterocycles. The first-order chi connectivity index (χ1) is 11.1. The molecular formula is C27H56Br2. The van der Waals surface area contributed by atoms with Crippen LogP contribution in [0.4, 0.5) is 0 Å². The average molecular weight is 541 g/mol. The van der Waals surface area contributed by atoms with E-state index in [1.54, 1.807) is 0 Å². The van der Waals surface area contributed by atoms with E-state index in [0.29, 0.717) is 5.92 Å². The van der Waals surface area contributed by atoms with Crippen LogP contribution in [0.3, 0.4) is 0 Å². The predicted octanol–water partition coefficient (Wildman–Crippen LogP) is 11.0. The minimum absolute atomic E-state index is 0. The lowest BCUT2D eigenvalue weighted by molar-refractivity contribution is 0.448. The Kier molecular flexibility index (Phi) is 35.8. The Morgan fingerprint density at radius 2 is 0.966 bits per heavy atom. The molecule has 6 unspecified atom stereocenters. The van der Waals surface area contributed by atoms with Gasteiger partial charge >= 0.3 is 0 Å². The summed E-state index contributed by atoms with van der Waals surface area (Å²) in [6.45, 7) is 15.4. The van der Waals surface area contributed by atoms with E-state index in [4.69, 9.17) is 0 Å². The number of hydrogen-bond donors (Lipinski definition) is 0. The molecule has 2 saturated carbocycles. The molecule has 0 aromatic rings. The van der Waals surface area contributed by atoms with Crippen LogP contribution in [0.25, 0.3) is 0 Å². The van der Waals surface area contributed by atoms with Gasteiger partial charge in [-0.1, -0.05) is 101 Å². The van der Waals surface area contributed by atoms with E-state index in [1.165, 1.54) is 32.1 Å². The third-order valence-electron chi connectivity index (χ3n) is 5.52. The normalized spacial score (nSPS) is 28.5. The molecule has 0 aromatic heterocycles. The van der Waals surface area contributed by atoms with Crippen LogP contribution in [0.5, 0.6) is 0 Å². The van der Waals surface area contributed by atoms with Crippen molar-refractivity contribution in [2.24, 2.45) is 35.5 Å². The molecule has 0 bridgehead atoms. The summed E-state index contributed by atoms with van der Waals surface area (Å²) in [5, 5.41) is 2.22. The summed E-state index contributed by atoms with van der Waals surface area (Å²) in [5.41, 5.74) is 0. The number of hydrogen-bond acceptors (Lipinski definition) is 0. The largest absolute Gasteiger partial charge is 0.103 e. The van der Waals surface area contributed by atoms with Gasteiger partial charge in [0.15, 0.2) is 0 Å². The molecule has 0 nitrogen and oxygen atoms in total. The van der Waals surface area contributed by atoms with Crippen molar-refractivity contribution in [3.63, 3.8) is 0 Å². The van der Waals surface area contributed by atoms with Crippen molar-refractivity contribution in [2.45, 2.75) is 76.7 Å². The van der Waals surface area contributed by atoms with Gasteiger partial charge in [0.05, 0.1) is 0 Å². The van der Waals surface area contributed by atoms with Crippen molar-refractivity contribution in [1.82, 2.24) is 0 Å². The Labute approximate surface area is 204 Å². The van der Waals surface area contributed by atoms with Crippen molar-refractivity contribution in [3.8, 4) is 0 Å². The van der Waals surface area contributed by atoms with Crippen LogP contribution in [0.2, 0.25) is 0 Å². The van der Waals surface area contributed by atoms with Crippen LogP contribution in [0.15, 0.2) is 50.6 Å². The van der Waals surface area contributed by atoms with Gasteiger partial charge in [-0.15, -0.1) is 26.3 Å². The van der Waals surface area contributed by atoms with Gasteiger partial charge in [0.25, 0.3) is 0 Å². The van der Waals surface area contributed by atoms with Crippen molar-refractivity contribution >= 4 is 31.9 Å². The molecule has 29 heavy (non-hydrogen) atoms. The van der Waals surface area contributed by atoms with E-state index in [2.05, 4.69) is 82.5 Å². The number of alkyl halides is 2. The summed E-state index contributed by atoms with van der Waals surface area (Å²) in [4.78, 5) is 0. The van der Waals surface area contributed by atoms with Crippen LogP contribution >= 0.6 is 31.9 Å². The van der Waals surface area contributed by atoms with Gasteiger partial charge in [-0.05, 0) is 67.6 Å². The lowest BCUT2D eigenvalue weighted by atomic mass is 9.94. The van der Waals surface area contributed by atoms with E-state index >= 15 is 0 Å². The molecule has 2 heteroatoms. The molecule has 2 aliphatic carbocycles. The van der Waals surface area contributed by atoms with Gasteiger partial charge < -0.3 is 0 Å². The molecule has 2 rings (SSSR count). The fourth-order valence-corrected chi connectivity index (χ4v) is 5.35. The maximum atomic E-state index is 3.89. The topological polar surface area (TPSA) is 0 Å². The van der Waals surface area contributed by atoms with Gasteiger partial charge in [-0.2, -0.15) is 0 Å². The zero-order chi connectivity index (χ0) is 17.2. The first kappa shape index (κ1) is 42.9. The fourth-order valence-electron chi connectivity index (χ4n) is 4.02. The number of halogens is 2. The van der Waals surface area contributed by atoms with Gasteiger partial charge in [-0.25, -0.2) is 0 Å². The predicted molar refractivity (Wildman–Crippen MR) is 153 cm³/mol. The summed E-state index contributed by atoms with van der Waals surface area (Å²) in [6, 6.07) is 0. The van der Waals surface area contributed by atoms with E-state index in [0.717, 1.165) is 40.2 Å². The van der Waals surface area contributed by atoms with Crippen molar-refractivity contribution < 1.29 is 0 Å². The Morgan fingerprint density at radius 3 is 1.24 bits per heavy atom. The van der Waals surface area contributed by atoms with Crippen LogP contribution in [-0.2, 0) is 0 Å². The standard InChI is InChI=1S/C11H17Br.C10H15Br.6CH4/c1-3-9-7-10(4-2)11(8-9)5-6-12;1-3-8-5-9(4-2)10(6-8)7-11;;;;;;/h3-4,9-11H,1-2,5-8H2;3-4,8-10H,1-2,5-7H2;6*1H4. The van der Waals surface area contributed by atoms with Gasteiger partial charge in [-0.3, -0.25) is 0 Å². The third kappa shape index (κ3) is 13.8. The molecule has 0 amide bonds. The Balaban J connectivity index is -0.0000000757. The highest BCUT2D eigenvalue weighted by atomic mass is 79.9. The maximum absolute atomic E-state index is 3.89. The Bertz CT molecular complexity index is 388. The van der Waals surface area contributed by atoms with E-state index in [9.17, 15) is 0 Å². The Hall–Kier alpha value is -0.0800. The number of allylic oxidation sites excluding steroid dienone is 4. The second-order valence-electron chi connectivity index (χ2n) is 6.89. The van der Waals surface area contributed by atoms with Crippen molar-refractivity contribution in [2.75, 3.05) is 10.7 Å². The lowest BCUT2D eigenvalue weighted by Crippen LogP contribution is -2.05. The fraction of sp³-hybridized carbons (Fsp3) is 0.704. The minimum atomic E-state index is 0. The first-order valence-corrected chi connectivity index (χ1v) is 11.0. The molecule has 0 spiro atoms. The number of rotatable bonds is 7. The van der Waals surface area contributed by atoms with Gasteiger partial charge in [0, 0.05) is 10.7 Å². The van der Waals surface area contributed by atoms with Crippen LogP contribution in [0.1, 0.15) is 76.7 Å². The van der Waals surface area contributed by atoms with Gasteiger partial charge in [0.2, 0.25) is 0 Å². The highest BCUT2D eigenvalue weighted by Crippen LogP contribution is 2.40. The molecule has 2 fully saturated rings. The van der Waals surface area contributed by atoms with E-state index in [-0.39, 0.29) is 44.6 Å². The first-order valence-electron chi connectivity index (χ1n) is 8.75. The average Bonchev–Trinajstić information content (AvgIpc) is 3.18. The van der Waals surface area contributed by atoms with Gasteiger partial charge in [0.1, 0.15) is 0 Å². The summed E-state index contributed by atoms with van der Waals surface area (Å²) < 4.78 is 0. The second kappa shape index (κ2) is 24.2. The molecule has 0 radical (unpaired) electrons. The molecule has 178 valence electrons. The summed E-state index contributed by atoms with van der Waals surface area (Å²) in [7, 11) is 0. The summed E-state index contributed by atoms with van der Waals surface area (Å²) in [5.74, 6) is 4.51. The molecule has 0 heterocycles. The molecule has 6 atom stereocenters. The lowest BCUT2D eigenvalue weighted by Gasteiger charge is -2.13. The summed E-state index contributed by atoms with van der Waals surface area (Å²) >= 11 is 7.03. The SMILES string of the molecule is C.C.C.C.C.C.C=CC1CC(C=C)C(CBr)C1.C=CC1CC(C=C)C(CCBr)C1. The Morgan fingerprint density at radius 1 is 0.586 bits per heavy atom. The molecule has 0 N–H and O–H groups in total. The highest BCUT2D eigenvalue weighted by molar-refractivity contribution is 9.09. The minimum Gasteiger partial charge on any atom is -0.103 e. The quantitative estimate of drug-likeness (QED) is 0.223. The zero-order valence-electron chi connectivity index (χ0n) is 14.3. The van der Waals surface area contributed by atoms with Crippen LogP contribution < -0.4 is 0 Å². The van der Waals surface area contributed by atoms with Crippen molar-refractivity contribution in [1.29, 1.82) is 0 Å². The van der Waals surface area contributed by atoms with E-state index < -0.39 is 0 Å². The van der Waals surface area contributed by atoms with Crippen LogP contribution in [-0.4, -0.2) is 10.7 Å². The molecule has 2 aliphatic rings. The van der Waals surface area contributed by atoms with E-state index in [1.807, 2.05) is 0 Å². The maximum Gasteiger partial charge on any atom is 0.00655 e. The smallest absolute Gasteiger partial charge is 0.00655 e. The zero-order valence-corrected chi connectivity index (χ0v) is 17.5. The third-order valence-corrected chi connectivity index (χ3v) is 6.81. The summed E-state index contributed by atoms with van der Waals surface area (Å²) in [6.07, 6.45) is 14.8. The highest BCUT2D eigenvalue weighted by Gasteiger charge is 2.30. The molecular weight excluding hydrogens is 484 g/mol. The van der Waals surface area contributed by atoms with Crippen LogP contribution in [0, 0.1) is 35.5 Å².